The third-order valence-electron chi connectivity index (χ3n) is 7.66. The van der Waals surface area contributed by atoms with Crippen LogP contribution in [-0.2, 0) is 24.0 Å². The van der Waals surface area contributed by atoms with Gasteiger partial charge in [0.1, 0.15) is 12.1 Å². The summed E-state index contributed by atoms with van der Waals surface area (Å²) < 4.78 is 0. The number of rotatable bonds is 31. The molecule has 0 aliphatic heterocycles. The number of hydrogen-bond acceptors (Lipinski definition) is 10. The normalized spacial score (nSPS) is 11.9. The minimum atomic E-state index is -1.01. The molecule has 0 heterocycles. The monoisotopic (exact) mass is 818 g/mol. The summed E-state index contributed by atoms with van der Waals surface area (Å²) in [4.78, 5) is 65.6. The Hall–Kier alpha value is -2.50. The molecule has 0 saturated heterocycles. The summed E-state index contributed by atoms with van der Waals surface area (Å²) in [5.41, 5.74) is 11.1. The van der Waals surface area contributed by atoms with Gasteiger partial charge in [-0.05, 0) is 57.8 Å². The van der Waals surface area contributed by atoms with Crippen molar-refractivity contribution in [3.8, 4) is 0 Å². The van der Waals surface area contributed by atoms with Crippen molar-refractivity contribution in [1.82, 2.24) is 31.1 Å². The summed E-state index contributed by atoms with van der Waals surface area (Å²) in [6, 6.07) is -2.01. The topological polar surface area (TPSA) is 232 Å². The second-order valence-electron chi connectivity index (χ2n) is 12.1. The molecule has 0 aliphatic carbocycles. The fourth-order valence-corrected chi connectivity index (χ4v) is 4.71. The van der Waals surface area contributed by atoms with E-state index >= 15 is 0 Å². The van der Waals surface area contributed by atoms with E-state index in [4.69, 9.17) is 21.7 Å². The lowest BCUT2D eigenvalue weighted by Gasteiger charge is -2.28. The van der Waals surface area contributed by atoms with Crippen molar-refractivity contribution in [2.75, 3.05) is 72.1 Å². The first-order valence-electron chi connectivity index (χ1n) is 18.2. The van der Waals surface area contributed by atoms with Crippen LogP contribution in [0.5, 0.6) is 0 Å². The number of nitrogens with one attached hydrogen (secondary N) is 4. The van der Waals surface area contributed by atoms with E-state index in [2.05, 4.69) is 21.3 Å². The number of hydrogen-bond donors (Lipinski definition) is 8. The number of aliphatic hydroxyl groups is 2. The maximum absolute atomic E-state index is 13.7. The Morgan fingerprint density at radius 1 is 0.585 bits per heavy atom. The minimum absolute atomic E-state index is 0. The Morgan fingerprint density at radius 3 is 1.42 bits per heavy atom. The van der Waals surface area contributed by atoms with Gasteiger partial charge in [-0.25, -0.2) is 0 Å². The van der Waals surface area contributed by atoms with Gasteiger partial charge < -0.3 is 47.8 Å². The van der Waals surface area contributed by atoms with Crippen LogP contribution < -0.4 is 32.7 Å². The SMILES string of the molecule is CC/C=C\CCC(=O)NCCCCN(CCCNC(=O)CC/C=C\CC)C(=O)CN(CCCNC(=O)[C@@H](N)CO)CCCNC(=O)[C@@H](N)CO.Cl.Cl.Cl. The van der Waals surface area contributed by atoms with Gasteiger partial charge in [0.2, 0.25) is 29.5 Å². The van der Waals surface area contributed by atoms with E-state index in [0.717, 1.165) is 12.8 Å². The lowest BCUT2D eigenvalue weighted by Crippen LogP contribution is -2.46. The molecule has 0 radical (unpaired) electrons. The second kappa shape index (κ2) is 39.2. The lowest BCUT2D eigenvalue weighted by atomic mass is 10.2. The minimum Gasteiger partial charge on any atom is -0.394 e. The van der Waals surface area contributed by atoms with Crippen LogP contribution >= 0.6 is 37.2 Å². The molecule has 0 aromatic carbocycles. The summed E-state index contributed by atoms with van der Waals surface area (Å²) in [7, 11) is 0. The number of amides is 5. The fourth-order valence-electron chi connectivity index (χ4n) is 4.71. The number of aliphatic hydroxyl groups excluding tert-OH is 2. The number of nitrogens with zero attached hydrogens (tertiary/aromatic N) is 2. The molecule has 18 heteroatoms. The first-order valence-corrected chi connectivity index (χ1v) is 18.2. The van der Waals surface area contributed by atoms with Gasteiger partial charge in [-0.1, -0.05) is 38.2 Å². The Morgan fingerprint density at radius 2 is 0.981 bits per heavy atom. The first kappa shape index (κ1) is 57.2. The highest BCUT2D eigenvalue weighted by atomic mass is 35.5. The van der Waals surface area contributed by atoms with Crippen LogP contribution in [0.1, 0.15) is 84.5 Å². The zero-order chi connectivity index (χ0) is 37.4. The molecule has 312 valence electrons. The summed E-state index contributed by atoms with van der Waals surface area (Å²) >= 11 is 0. The van der Waals surface area contributed by atoms with Gasteiger partial charge in [-0.15, -0.1) is 37.2 Å². The number of carbonyl (C=O) groups is 5. The number of allylic oxidation sites excluding steroid dienone is 4. The van der Waals surface area contributed by atoms with E-state index in [1.807, 2.05) is 43.1 Å². The van der Waals surface area contributed by atoms with Crippen molar-refractivity contribution in [1.29, 1.82) is 0 Å². The van der Waals surface area contributed by atoms with E-state index in [0.29, 0.717) is 110 Å². The average molecular weight is 820 g/mol. The van der Waals surface area contributed by atoms with Crippen molar-refractivity contribution < 1.29 is 34.2 Å². The van der Waals surface area contributed by atoms with Crippen molar-refractivity contribution in [2.45, 2.75) is 96.6 Å². The highest BCUT2D eigenvalue weighted by Gasteiger charge is 2.19. The van der Waals surface area contributed by atoms with Crippen LogP contribution in [0.2, 0.25) is 0 Å². The Labute approximate surface area is 335 Å². The predicted molar refractivity (Wildman–Crippen MR) is 217 cm³/mol. The maximum atomic E-state index is 13.7. The van der Waals surface area contributed by atoms with Crippen molar-refractivity contribution >= 4 is 66.8 Å². The molecular formula is C35H69Cl3N8O7. The first-order chi connectivity index (χ1) is 24.1. The van der Waals surface area contributed by atoms with Gasteiger partial charge in [0.15, 0.2) is 0 Å². The molecule has 10 N–H and O–H groups in total. The molecule has 0 saturated carbocycles. The van der Waals surface area contributed by atoms with Gasteiger partial charge in [-0.2, -0.15) is 0 Å². The molecular weight excluding hydrogens is 751 g/mol. The molecule has 0 aliphatic rings. The fraction of sp³-hybridized carbons (Fsp3) is 0.743. The molecule has 53 heavy (non-hydrogen) atoms. The lowest BCUT2D eigenvalue weighted by molar-refractivity contribution is -0.133. The average Bonchev–Trinajstić information content (AvgIpc) is 3.11. The molecule has 0 fully saturated rings. The number of nitrogens with two attached hydrogens (primary N) is 2. The summed E-state index contributed by atoms with van der Waals surface area (Å²) in [6.45, 7) is 6.72. The third kappa shape index (κ3) is 32.6. The highest BCUT2D eigenvalue weighted by Crippen LogP contribution is 2.04. The largest absolute Gasteiger partial charge is 0.394 e. The predicted octanol–water partition coefficient (Wildman–Crippen LogP) is 0.930. The van der Waals surface area contributed by atoms with E-state index in [1.54, 1.807) is 4.90 Å². The van der Waals surface area contributed by atoms with Crippen LogP contribution in [0.25, 0.3) is 0 Å². The Bertz CT molecular complexity index is 998. The van der Waals surface area contributed by atoms with Crippen molar-refractivity contribution in [2.24, 2.45) is 11.5 Å². The van der Waals surface area contributed by atoms with Crippen molar-refractivity contribution in [3.05, 3.63) is 24.3 Å². The van der Waals surface area contributed by atoms with Gasteiger partial charge in [-0.3, -0.25) is 28.9 Å². The van der Waals surface area contributed by atoms with E-state index in [-0.39, 0.29) is 61.5 Å². The van der Waals surface area contributed by atoms with E-state index < -0.39 is 37.1 Å². The quantitative estimate of drug-likeness (QED) is 0.0364. The molecule has 0 aromatic heterocycles. The van der Waals surface area contributed by atoms with Gasteiger partial charge in [0, 0.05) is 65.2 Å². The van der Waals surface area contributed by atoms with Crippen LogP contribution in [0.4, 0.5) is 0 Å². The van der Waals surface area contributed by atoms with Gasteiger partial charge >= 0.3 is 0 Å². The molecule has 2 atom stereocenters. The number of unbranched alkanes of at least 4 members (excludes halogenated alkanes) is 1. The molecule has 0 unspecified atom stereocenters. The molecule has 15 nitrogen and oxygen atoms in total. The number of carbonyl (C=O) groups excluding carboxylic acids is 5. The Balaban J connectivity index is -0.00000400. The van der Waals surface area contributed by atoms with Gasteiger partial charge in [0.25, 0.3) is 0 Å². The summed E-state index contributed by atoms with van der Waals surface area (Å²) in [5, 5.41) is 29.4. The second-order valence-corrected chi connectivity index (χ2v) is 12.1. The summed E-state index contributed by atoms with van der Waals surface area (Å²) in [5.74, 6) is -1.05. The van der Waals surface area contributed by atoms with Crippen molar-refractivity contribution in [3.63, 3.8) is 0 Å². The zero-order valence-electron chi connectivity index (χ0n) is 31.7. The maximum Gasteiger partial charge on any atom is 0.239 e. The molecule has 0 rings (SSSR count). The van der Waals surface area contributed by atoms with Crippen LogP contribution in [-0.4, -0.2) is 134 Å². The molecule has 0 aromatic rings. The molecule has 5 amide bonds. The molecule has 0 spiro atoms. The molecule has 0 bridgehead atoms. The standard InChI is InChI=1S/C35H66N8O7.3ClH/c1-3-5-7-9-16-31(46)38-18-11-12-24-43(25-15-19-39-32(47)17-10-8-6-4-2)33(48)26-42(22-13-20-40-34(49)29(36)27-44)23-14-21-41-35(50)30(37)28-45;;;/h5-8,29-30,44-45H,3-4,9-28,36-37H2,1-2H3,(H,38,46)(H,39,47)(H,40,49)(H,41,50);3*1H/b7-5-,8-6-;;;/t29-,30-;;;/m0.../s1. The smallest absolute Gasteiger partial charge is 0.239 e. The zero-order valence-corrected chi connectivity index (χ0v) is 34.2. The van der Waals surface area contributed by atoms with Gasteiger partial charge in [0.05, 0.1) is 19.8 Å². The van der Waals surface area contributed by atoms with E-state index in [1.165, 1.54) is 0 Å². The van der Waals surface area contributed by atoms with E-state index in [9.17, 15) is 24.0 Å². The third-order valence-corrected chi connectivity index (χ3v) is 7.66. The number of halogens is 3. The summed E-state index contributed by atoms with van der Waals surface area (Å²) in [6.07, 6.45) is 15.2. The van der Waals surface area contributed by atoms with Crippen LogP contribution in [0.15, 0.2) is 24.3 Å². The Kier molecular flexibility index (Phi) is 42.3. The van der Waals surface area contributed by atoms with Crippen LogP contribution in [0.3, 0.4) is 0 Å². The van der Waals surface area contributed by atoms with Crippen LogP contribution in [0, 0.1) is 0 Å². The highest BCUT2D eigenvalue weighted by molar-refractivity contribution is 5.86.